The van der Waals surface area contributed by atoms with E-state index in [2.05, 4.69) is 49.7 Å². The second-order valence-corrected chi connectivity index (χ2v) is 4.09. The third-order valence-corrected chi connectivity index (χ3v) is 2.63. The lowest BCUT2D eigenvalue weighted by Crippen LogP contribution is -2.35. The Morgan fingerprint density at radius 1 is 1.29 bits per heavy atom. The van der Waals surface area contributed by atoms with E-state index in [9.17, 15) is 0 Å². The van der Waals surface area contributed by atoms with Gasteiger partial charge in [0.25, 0.3) is 0 Å². The summed E-state index contributed by atoms with van der Waals surface area (Å²) in [5, 5.41) is 0. The van der Waals surface area contributed by atoms with Crippen molar-refractivity contribution < 1.29 is 0 Å². The fourth-order valence-corrected chi connectivity index (χ4v) is 1.39. The lowest BCUT2D eigenvalue weighted by Gasteiger charge is -2.25. The number of likely N-dealkylation sites (N-methyl/N-ethyl adjacent to an activating group) is 2. The highest BCUT2D eigenvalue weighted by atomic mass is 15.2. The van der Waals surface area contributed by atoms with Crippen molar-refractivity contribution in [2.45, 2.75) is 13.0 Å². The average molecular weight is 192 g/mol. The summed E-state index contributed by atoms with van der Waals surface area (Å²) in [5.41, 5.74) is 4.53. The summed E-state index contributed by atoms with van der Waals surface area (Å²) >= 11 is 0. The van der Waals surface area contributed by atoms with Gasteiger partial charge in [0.15, 0.2) is 0 Å². The number of hydrogen-bond donors (Lipinski definition) is 0. The van der Waals surface area contributed by atoms with E-state index in [1.54, 1.807) is 0 Å². The zero-order valence-electron chi connectivity index (χ0n) is 9.62. The molecule has 0 spiro atoms. The predicted molar refractivity (Wildman–Crippen MR) is 61.4 cm³/mol. The minimum absolute atomic E-state index is 0.463. The Bertz CT molecular complexity index is 270. The predicted octanol–water partition coefficient (Wildman–Crippen LogP) is 1.52. The number of nitrogens with zero attached hydrogens (tertiary/aromatic N) is 2. The van der Waals surface area contributed by atoms with Gasteiger partial charge in [0, 0.05) is 24.7 Å². The van der Waals surface area contributed by atoms with Crippen molar-refractivity contribution in [2.75, 3.05) is 34.2 Å². The van der Waals surface area contributed by atoms with Gasteiger partial charge >= 0.3 is 0 Å². The summed E-state index contributed by atoms with van der Waals surface area (Å²) in [6.07, 6.45) is 6.16. The van der Waals surface area contributed by atoms with E-state index in [-0.39, 0.29) is 0 Å². The molecule has 2 heteroatoms. The van der Waals surface area contributed by atoms with Gasteiger partial charge < -0.3 is 4.90 Å². The molecule has 78 valence electrons. The first-order valence-electron chi connectivity index (χ1n) is 5.09. The molecule has 0 aromatic carbocycles. The number of rotatable bonds is 5. The molecule has 0 amide bonds. The van der Waals surface area contributed by atoms with Crippen LogP contribution in [0.3, 0.4) is 0 Å². The zero-order chi connectivity index (χ0) is 10.6. The Balaban J connectivity index is 2.40. The van der Waals surface area contributed by atoms with Crippen molar-refractivity contribution in [3.8, 4) is 0 Å². The summed E-state index contributed by atoms with van der Waals surface area (Å²) in [5.74, 6) is 0. The molecule has 14 heavy (non-hydrogen) atoms. The van der Waals surface area contributed by atoms with Crippen LogP contribution in [0.25, 0.3) is 0 Å². The Kier molecular flexibility index (Phi) is 4.15. The molecule has 0 aliphatic heterocycles. The van der Waals surface area contributed by atoms with Crippen LogP contribution < -0.4 is 0 Å². The monoisotopic (exact) mass is 192 g/mol. The maximum absolute atomic E-state index is 3.25. The lowest BCUT2D eigenvalue weighted by molar-refractivity contribution is 0.252. The summed E-state index contributed by atoms with van der Waals surface area (Å²) in [7, 11) is 6.37. The van der Waals surface area contributed by atoms with Crippen LogP contribution >= 0.6 is 0 Å². The molecule has 0 aromatic rings. The normalized spacial score (nSPS) is 16.9. The van der Waals surface area contributed by atoms with Gasteiger partial charge in [-0.05, 0) is 40.2 Å². The second kappa shape index (κ2) is 5.16. The van der Waals surface area contributed by atoms with E-state index in [0.29, 0.717) is 6.04 Å². The Labute approximate surface area is 87.2 Å². The van der Waals surface area contributed by atoms with Crippen molar-refractivity contribution in [1.82, 2.24) is 9.80 Å². The molecule has 0 bridgehead atoms. The Hall–Kier alpha value is -0.820. The standard InChI is InChI=1S/C12H20N2/c1-11(12-7-5-6-8-12)14(4)10-9-13(2)3/h5-7,11H,9-10H2,1-4H3. The van der Waals surface area contributed by atoms with Gasteiger partial charge in [0.2, 0.25) is 0 Å². The van der Waals surface area contributed by atoms with Gasteiger partial charge in [-0.3, -0.25) is 4.90 Å². The van der Waals surface area contributed by atoms with Crippen molar-refractivity contribution >= 4 is 0 Å². The van der Waals surface area contributed by atoms with Gasteiger partial charge in [0.1, 0.15) is 0 Å². The molecule has 1 rings (SSSR count). The van der Waals surface area contributed by atoms with Crippen molar-refractivity contribution in [1.29, 1.82) is 0 Å². The molecule has 0 aromatic heterocycles. The SMILES string of the molecule is CC(C1=C=CC=C1)N(C)CCN(C)C. The highest BCUT2D eigenvalue weighted by Crippen LogP contribution is 2.12. The van der Waals surface area contributed by atoms with Crippen LogP contribution in [0.4, 0.5) is 0 Å². The molecule has 0 radical (unpaired) electrons. The summed E-state index contributed by atoms with van der Waals surface area (Å²) in [6.45, 7) is 4.41. The molecule has 1 aliphatic carbocycles. The third kappa shape index (κ3) is 3.15. The van der Waals surface area contributed by atoms with E-state index < -0.39 is 0 Å². The number of allylic oxidation sites excluding steroid dienone is 1. The highest BCUT2D eigenvalue weighted by Gasteiger charge is 2.12. The summed E-state index contributed by atoms with van der Waals surface area (Å²) < 4.78 is 0. The van der Waals surface area contributed by atoms with Gasteiger partial charge in [-0.15, -0.1) is 5.73 Å². The molecule has 0 heterocycles. The minimum Gasteiger partial charge on any atom is -0.308 e. The fraction of sp³-hybridized carbons (Fsp3) is 0.583. The first-order valence-corrected chi connectivity index (χ1v) is 5.09. The fourth-order valence-electron chi connectivity index (χ4n) is 1.39. The quantitative estimate of drug-likeness (QED) is 0.609. The van der Waals surface area contributed by atoms with Gasteiger partial charge in [-0.2, -0.15) is 0 Å². The highest BCUT2D eigenvalue weighted by molar-refractivity contribution is 5.32. The van der Waals surface area contributed by atoms with E-state index in [0.717, 1.165) is 13.1 Å². The first kappa shape index (κ1) is 11.3. The molecule has 1 atom stereocenters. The molecule has 0 saturated carbocycles. The van der Waals surface area contributed by atoms with Gasteiger partial charge in [0.05, 0.1) is 0 Å². The molecule has 0 saturated heterocycles. The largest absolute Gasteiger partial charge is 0.308 e. The van der Waals surface area contributed by atoms with Crippen LogP contribution in [0.1, 0.15) is 6.92 Å². The molecule has 0 fully saturated rings. The van der Waals surface area contributed by atoms with E-state index in [1.807, 2.05) is 12.2 Å². The second-order valence-electron chi connectivity index (χ2n) is 4.09. The molecule has 2 nitrogen and oxygen atoms in total. The first-order chi connectivity index (χ1) is 6.61. The summed E-state index contributed by atoms with van der Waals surface area (Å²) in [4.78, 5) is 4.56. The van der Waals surface area contributed by atoms with Crippen LogP contribution in [0, 0.1) is 0 Å². The van der Waals surface area contributed by atoms with E-state index >= 15 is 0 Å². The van der Waals surface area contributed by atoms with Crippen LogP contribution in [-0.4, -0.2) is 50.1 Å². The van der Waals surface area contributed by atoms with Crippen molar-refractivity contribution in [3.63, 3.8) is 0 Å². The van der Waals surface area contributed by atoms with Gasteiger partial charge in [-0.25, -0.2) is 0 Å². The maximum Gasteiger partial charge on any atom is 0.0390 e. The average Bonchev–Trinajstić information content (AvgIpc) is 2.65. The summed E-state index contributed by atoms with van der Waals surface area (Å²) in [6, 6.07) is 0.463. The van der Waals surface area contributed by atoms with Gasteiger partial charge in [-0.1, -0.05) is 6.08 Å². The molecule has 0 N–H and O–H groups in total. The third-order valence-electron chi connectivity index (χ3n) is 2.63. The molecular weight excluding hydrogens is 172 g/mol. The molecular formula is C12H20N2. The molecule has 1 unspecified atom stereocenters. The van der Waals surface area contributed by atoms with Crippen molar-refractivity contribution in [2.24, 2.45) is 0 Å². The van der Waals surface area contributed by atoms with Crippen LogP contribution in [0.2, 0.25) is 0 Å². The topological polar surface area (TPSA) is 6.48 Å². The Morgan fingerprint density at radius 3 is 2.50 bits per heavy atom. The minimum atomic E-state index is 0.463. The van der Waals surface area contributed by atoms with Crippen LogP contribution in [0.15, 0.2) is 29.5 Å². The Morgan fingerprint density at radius 2 is 2.00 bits per heavy atom. The smallest absolute Gasteiger partial charge is 0.0390 e. The van der Waals surface area contributed by atoms with E-state index in [1.165, 1.54) is 5.57 Å². The number of hydrogen-bond acceptors (Lipinski definition) is 2. The van der Waals surface area contributed by atoms with Crippen LogP contribution in [-0.2, 0) is 0 Å². The van der Waals surface area contributed by atoms with Crippen LogP contribution in [0.5, 0.6) is 0 Å². The van der Waals surface area contributed by atoms with Crippen molar-refractivity contribution in [3.05, 3.63) is 29.5 Å². The van der Waals surface area contributed by atoms with E-state index in [4.69, 9.17) is 0 Å². The lowest BCUT2D eigenvalue weighted by atomic mass is 10.1. The maximum atomic E-state index is 3.25. The zero-order valence-corrected chi connectivity index (χ0v) is 9.62. The molecule has 1 aliphatic rings.